The third kappa shape index (κ3) is 3.56. The summed E-state index contributed by atoms with van der Waals surface area (Å²) in [5.41, 5.74) is 0. The van der Waals surface area contributed by atoms with Crippen LogP contribution in [0.15, 0.2) is 23.1 Å². The fourth-order valence-electron chi connectivity index (χ4n) is 2.59. The van der Waals surface area contributed by atoms with Crippen LogP contribution in [0.25, 0.3) is 0 Å². The quantitative estimate of drug-likeness (QED) is 0.866. The van der Waals surface area contributed by atoms with Gasteiger partial charge in [0.1, 0.15) is 16.5 Å². The first-order chi connectivity index (χ1) is 9.81. The van der Waals surface area contributed by atoms with Gasteiger partial charge in [0.25, 0.3) is 0 Å². The predicted molar refractivity (Wildman–Crippen MR) is 70.0 cm³/mol. The minimum Gasteiger partial charge on any atom is -0.481 e. The average molecular weight is 319 g/mol. The van der Waals surface area contributed by atoms with E-state index in [9.17, 15) is 22.0 Å². The minimum absolute atomic E-state index is 0.0733. The van der Waals surface area contributed by atoms with E-state index in [1.807, 2.05) is 0 Å². The number of benzene rings is 1. The van der Waals surface area contributed by atoms with Gasteiger partial charge in [0.15, 0.2) is 0 Å². The Balaban J connectivity index is 2.09. The molecule has 0 heterocycles. The van der Waals surface area contributed by atoms with Crippen LogP contribution < -0.4 is 4.72 Å². The normalized spacial score (nSPS) is 22.4. The van der Waals surface area contributed by atoms with Crippen molar-refractivity contribution < 1.29 is 27.1 Å². The molecule has 2 unspecified atom stereocenters. The Labute approximate surface area is 121 Å². The van der Waals surface area contributed by atoms with Crippen molar-refractivity contribution in [2.24, 2.45) is 11.8 Å². The molecule has 0 amide bonds. The molecule has 116 valence electrons. The first-order valence-electron chi connectivity index (χ1n) is 6.49. The van der Waals surface area contributed by atoms with Crippen molar-refractivity contribution in [3.63, 3.8) is 0 Å². The molecule has 1 aromatic rings. The predicted octanol–water partition coefficient (Wildman–Crippen LogP) is 1.74. The van der Waals surface area contributed by atoms with E-state index in [0.717, 1.165) is 12.1 Å². The van der Waals surface area contributed by atoms with Crippen LogP contribution in [0.2, 0.25) is 0 Å². The summed E-state index contributed by atoms with van der Waals surface area (Å²) in [6.07, 6.45) is 1.83. The molecule has 1 aromatic carbocycles. The zero-order chi connectivity index (χ0) is 15.6. The molecule has 2 rings (SSSR count). The Morgan fingerprint density at radius 3 is 2.67 bits per heavy atom. The molecule has 1 fully saturated rings. The smallest absolute Gasteiger partial charge is 0.306 e. The zero-order valence-corrected chi connectivity index (χ0v) is 11.9. The van der Waals surface area contributed by atoms with E-state index < -0.39 is 38.4 Å². The highest BCUT2D eigenvalue weighted by Crippen LogP contribution is 2.31. The molecule has 2 N–H and O–H groups in total. The van der Waals surface area contributed by atoms with E-state index in [0.29, 0.717) is 25.3 Å². The fraction of sp³-hybridized carbons (Fsp3) is 0.462. The lowest BCUT2D eigenvalue weighted by molar-refractivity contribution is -0.142. The van der Waals surface area contributed by atoms with Gasteiger partial charge in [-0.3, -0.25) is 4.79 Å². The van der Waals surface area contributed by atoms with Gasteiger partial charge in [0.05, 0.1) is 5.92 Å². The zero-order valence-electron chi connectivity index (χ0n) is 11.1. The van der Waals surface area contributed by atoms with Crippen molar-refractivity contribution >= 4 is 16.0 Å². The van der Waals surface area contributed by atoms with E-state index in [4.69, 9.17) is 5.11 Å². The highest BCUT2D eigenvalue weighted by molar-refractivity contribution is 7.89. The van der Waals surface area contributed by atoms with E-state index in [2.05, 4.69) is 4.72 Å². The highest BCUT2D eigenvalue weighted by atomic mass is 32.2. The van der Waals surface area contributed by atoms with Crippen molar-refractivity contribution in [1.82, 2.24) is 4.72 Å². The number of rotatable bonds is 5. The van der Waals surface area contributed by atoms with E-state index in [1.54, 1.807) is 0 Å². The molecule has 0 radical (unpaired) electrons. The van der Waals surface area contributed by atoms with Crippen LogP contribution in [0.3, 0.4) is 0 Å². The Morgan fingerprint density at radius 2 is 2.05 bits per heavy atom. The molecule has 0 bridgehead atoms. The summed E-state index contributed by atoms with van der Waals surface area (Å²) in [7, 11) is -4.13. The number of carbonyl (C=O) groups is 1. The number of halogens is 2. The van der Waals surface area contributed by atoms with Gasteiger partial charge in [0, 0.05) is 12.6 Å². The molecular weight excluding hydrogens is 304 g/mol. The number of aliphatic carboxylic acids is 1. The molecule has 0 saturated heterocycles. The van der Waals surface area contributed by atoms with Crippen molar-refractivity contribution in [1.29, 1.82) is 0 Å². The maximum absolute atomic E-state index is 13.5. The lowest BCUT2D eigenvalue weighted by Gasteiger charge is -2.16. The van der Waals surface area contributed by atoms with Crippen molar-refractivity contribution in [2.75, 3.05) is 6.54 Å². The van der Waals surface area contributed by atoms with Crippen molar-refractivity contribution in [3.05, 3.63) is 29.8 Å². The fourth-order valence-corrected chi connectivity index (χ4v) is 3.75. The van der Waals surface area contributed by atoms with E-state index in [-0.39, 0.29) is 12.5 Å². The van der Waals surface area contributed by atoms with Gasteiger partial charge in [-0.15, -0.1) is 0 Å². The highest BCUT2D eigenvalue weighted by Gasteiger charge is 2.33. The summed E-state index contributed by atoms with van der Waals surface area (Å²) < 4.78 is 52.4. The Kier molecular flexibility index (Phi) is 4.58. The van der Waals surface area contributed by atoms with Crippen LogP contribution in [0, 0.1) is 23.5 Å². The molecule has 2 atom stereocenters. The van der Waals surface area contributed by atoms with Crippen LogP contribution in [0.5, 0.6) is 0 Å². The largest absolute Gasteiger partial charge is 0.481 e. The maximum atomic E-state index is 13.5. The lowest BCUT2D eigenvalue weighted by atomic mass is 9.97. The molecule has 1 aliphatic rings. The van der Waals surface area contributed by atoms with Crippen molar-refractivity contribution in [3.8, 4) is 0 Å². The summed E-state index contributed by atoms with van der Waals surface area (Å²) in [6.45, 7) is -0.0733. The maximum Gasteiger partial charge on any atom is 0.306 e. The van der Waals surface area contributed by atoms with Crippen LogP contribution in [-0.4, -0.2) is 26.0 Å². The summed E-state index contributed by atoms with van der Waals surface area (Å²) in [4.78, 5) is 10.4. The summed E-state index contributed by atoms with van der Waals surface area (Å²) in [5.74, 6) is -3.91. The first kappa shape index (κ1) is 15.8. The molecule has 5 nitrogen and oxygen atoms in total. The molecule has 21 heavy (non-hydrogen) atoms. The van der Waals surface area contributed by atoms with Gasteiger partial charge in [-0.2, -0.15) is 0 Å². The van der Waals surface area contributed by atoms with Gasteiger partial charge in [-0.05, 0) is 30.9 Å². The second kappa shape index (κ2) is 6.07. The van der Waals surface area contributed by atoms with Crippen molar-refractivity contribution in [2.45, 2.75) is 24.2 Å². The summed E-state index contributed by atoms with van der Waals surface area (Å²) in [6, 6.07) is 2.19. The van der Waals surface area contributed by atoms with Gasteiger partial charge in [0.2, 0.25) is 10.0 Å². The molecular formula is C13H15F2NO4S. The van der Waals surface area contributed by atoms with Crippen LogP contribution in [-0.2, 0) is 14.8 Å². The number of carboxylic acids is 1. The Morgan fingerprint density at radius 1 is 1.33 bits per heavy atom. The number of hydrogen-bond acceptors (Lipinski definition) is 3. The Bertz CT molecular complexity index is 648. The number of sulfonamides is 1. The topological polar surface area (TPSA) is 83.5 Å². The minimum atomic E-state index is -4.13. The number of nitrogens with one attached hydrogen (secondary N) is 1. The molecule has 1 aliphatic carbocycles. The SMILES string of the molecule is O=C(O)C1CCCC1CNS(=O)(=O)c1ccc(F)cc1F. The average Bonchev–Trinajstić information content (AvgIpc) is 2.84. The number of carboxylic acid groups (broad SMARTS) is 1. The van der Waals surface area contributed by atoms with Crippen LogP contribution in [0.4, 0.5) is 8.78 Å². The number of hydrogen-bond donors (Lipinski definition) is 2. The summed E-state index contributed by atoms with van der Waals surface area (Å²) >= 11 is 0. The second-order valence-corrected chi connectivity index (χ2v) is 6.80. The summed E-state index contributed by atoms with van der Waals surface area (Å²) in [5, 5.41) is 9.03. The Hall–Kier alpha value is -1.54. The van der Waals surface area contributed by atoms with Crippen LogP contribution >= 0.6 is 0 Å². The first-order valence-corrected chi connectivity index (χ1v) is 7.97. The molecule has 0 aromatic heterocycles. The standard InChI is InChI=1S/C13H15F2NO4S/c14-9-4-5-12(11(15)6-9)21(19,20)16-7-8-2-1-3-10(8)13(17)18/h4-6,8,10,16H,1-3,7H2,(H,17,18). The van der Waals surface area contributed by atoms with Crippen LogP contribution in [0.1, 0.15) is 19.3 Å². The molecule has 0 aliphatic heterocycles. The van der Waals surface area contributed by atoms with E-state index >= 15 is 0 Å². The molecule has 8 heteroatoms. The third-order valence-corrected chi connectivity index (χ3v) is 5.15. The molecule has 1 saturated carbocycles. The molecule has 0 spiro atoms. The second-order valence-electron chi connectivity index (χ2n) is 5.06. The lowest BCUT2D eigenvalue weighted by Crippen LogP contribution is -2.33. The third-order valence-electron chi connectivity index (χ3n) is 3.70. The van der Waals surface area contributed by atoms with Gasteiger partial charge >= 0.3 is 5.97 Å². The van der Waals surface area contributed by atoms with E-state index in [1.165, 1.54) is 0 Å². The monoisotopic (exact) mass is 319 g/mol. The van der Waals surface area contributed by atoms with Gasteiger partial charge < -0.3 is 5.11 Å². The van der Waals surface area contributed by atoms with Gasteiger partial charge in [-0.1, -0.05) is 6.42 Å². The van der Waals surface area contributed by atoms with Gasteiger partial charge in [-0.25, -0.2) is 21.9 Å².